The molecule has 32 heavy (non-hydrogen) atoms. The summed E-state index contributed by atoms with van der Waals surface area (Å²) in [5, 5.41) is 7.97. The summed E-state index contributed by atoms with van der Waals surface area (Å²) in [6, 6.07) is 10.3. The first-order valence-corrected chi connectivity index (χ1v) is 9.97. The first-order chi connectivity index (χ1) is 15.3. The maximum Gasteiger partial charge on any atom is 0.416 e. The number of piperidine rings is 1. The van der Waals surface area contributed by atoms with Crippen LogP contribution in [0.15, 0.2) is 52.9 Å². The molecule has 0 spiro atoms. The molecule has 0 bridgehead atoms. The summed E-state index contributed by atoms with van der Waals surface area (Å²) < 4.78 is 62.8. The predicted octanol–water partition coefficient (Wildman–Crippen LogP) is 4.68. The van der Waals surface area contributed by atoms with Crippen molar-refractivity contribution in [2.45, 2.75) is 24.9 Å². The largest absolute Gasteiger partial charge is 0.481 e. The Morgan fingerprint density at radius 3 is 2.59 bits per heavy atom. The number of ether oxygens (including phenoxy) is 1. The number of hydrogen-bond acceptors (Lipinski definition) is 5. The summed E-state index contributed by atoms with van der Waals surface area (Å²) in [5.74, 6) is -0.615. The number of benzene rings is 2. The van der Waals surface area contributed by atoms with Crippen LogP contribution in [0.4, 0.5) is 17.6 Å². The van der Waals surface area contributed by atoms with Gasteiger partial charge >= 0.3 is 6.18 Å². The van der Waals surface area contributed by atoms with Crippen LogP contribution in [0.1, 0.15) is 30.2 Å². The van der Waals surface area contributed by atoms with Crippen LogP contribution in [-0.2, 0) is 11.0 Å². The Morgan fingerprint density at radius 1 is 1.12 bits per heavy atom. The van der Waals surface area contributed by atoms with Gasteiger partial charge in [-0.05, 0) is 49.2 Å². The van der Waals surface area contributed by atoms with Gasteiger partial charge in [-0.2, -0.15) is 13.2 Å². The smallest absolute Gasteiger partial charge is 0.416 e. The third-order valence-electron chi connectivity index (χ3n) is 5.21. The van der Waals surface area contributed by atoms with Crippen LogP contribution in [0.2, 0.25) is 0 Å². The minimum Gasteiger partial charge on any atom is -0.481 e. The Hall–Kier alpha value is -3.43. The number of halogens is 4. The highest BCUT2D eigenvalue weighted by molar-refractivity contribution is 5.78. The molecule has 2 aromatic carbocycles. The Morgan fingerprint density at radius 2 is 1.88 bits per heavy atom. The zero-order valence-corrected chi connectivity index (χ0v) is 16.8. The highest BCUT2D eigenvalue weighted by Crippen LogP contribution is 2.32. The second-order valence-corrected chi connectivity index (χ2v) is 7.42. The standard InChI is InChI=1S/C22H19F4N3O3/c23-17-5-1-2-6-18(17)31-13-19(30)29-11-3-4-15(12-29)21-28-27-20(32-21)14-7-9-16(10-8-14)22(24,25)26/h1-2,5-10,15H,3-4,11-13H2. The van der Waals surface area contributed by atoms with Gasteiger partial charge < -0.3 is 14.1 Å². The van der Waals surface area contributed by atoms with E-state index in [9.17, 15) is 22.4 Å². The molecule has 0 N–H and O–H groups in total. The summed E-state index contributed by atoms with van der Waals surface area (Å²) in [5.41, 5.74) is -0.390. The normalized spacial score (nSPS) is 16.8. The van der Waals surface area contributed by atoms with Crippen LogP contribution in [0.5, 0.6) is 5.75 Å². The van der Waals surface area contributed by atoms with Crippen LogP contribution in [0.3, 0.4) is 0 Å². The summed E-state index contributed by atoms with van der Waals surface area (Å²) in [6.45, 7) is 0.554. The number of amides is 1. The number of hydrogen-bond donors (Lipinski definition) is 0. The van der Waals surface area contributed by atoms with E-state index in [0.29, 0.717) is 37.4 Å². The van der Waals surface area contributed by atoms with Gasteiger partial charge in [0.2, 0.25) is 11.8 Å². The molecule has 4 rings (SSSR count). The molecule has 1 aliphatic heterocycles. The van der Waals surface area contributed by atoms with Gasteiger partial charge in [0.1, 0.15) is 0 Å². The fraction of sp³-hybridized carbons (Fsp3) is 0.318. The Labute approximate surface area is 180 Å². The second-order valence-electron chi connectivity index (χ2n) is 7.42. The first kappa shape index (κ1) is 21.8. The monoisotopic (exact) mass is 449 g/mol. The number of rotatable bonds is 5. The molecular formula is C22H19F4N3O3. The number of carbonyl (C=O) groups excluding carboxylic acids is 1. The number of aromatic nitrogens is 2. The molecule has 1 aromatic heterocycles. The average Bonchev–Trinajstić information content (AvgIpc) is 3.28. The second kappa shape index (κ2) is 8.97. The van der Waals surface area contributed by atoms with E-state index in [2.05, 4.69) is 10.2 Å². The van der Waals surface area contributed by atoms with Gasteiger partial charge in [0.25, 0.3) is 5.91 Å². The molecule has 1 aliphatic rings. The van der Waals surface area contributed by atoms with Crippen molar-refractivity contribution >= 4 is 5.91 Å². The Balaban J connectivity index is 1.39. The molecule has 1 unspecified atom stereocenters. The van der Waals surface area contributed by atoms with Crippen molar-refractivity contribution in [2.75, 3.05) is 19.7 Å². The van der Waals surface area contributed by atoms with E-state index in [0.717, 1.165) is 12.1 Å². The van der Waals surface area contributed by atoms with Gasteiger partial charge in [-0.25, -0.2) is 4.39 Å². The predicted molar refractivity (Wildman–Crippen MR) is 105 cm³/mol. The molecule has 0 saturated carbocycles. The molecule has 168 valence electrons. The van der Waals surface area contributed by atoms with Gasteiger partial charge in [0.15, 0.2) is 18.2 Å². The van der Waals surface area contributed by atoms with Gasteiger partial charge in [0.05, 0.1) is 11.5 Å². The lowest BCUT2D eigenvalue weighted by atomic mass is 9.98. The summed E-state index contributed by atoms with van der Waals surface area (Å²) >= 11 is 0. The van der Waals surface area contributed by atoms with Crippen molar-refractivity contribution in [2.24, 2.45) is 0 Å². The maximum absolute atomic E-state index is 13.7. The molecule has 3 aromatic rings. The molecule has 10 heteroatoms. The minimum absolute atomic E-state index is 0.00694. The van der Waals surface area contributed by atoms with E-state index in [4.69, 9.17) is 9.15 Å². The van der Waals surface area contributed by atoms with Crippen LogP contribution in [0, 0.1) is 5.82 Å². The Kier molecular flexibility index (Phi) is 6.11. The van der Waals surface area contributed by atoms with Crippen molar-refractivity contribution in [3.8, 4) is 17.2 Å². The third-order valence-corrected chi connectivity index (χ3v) is 5.21. The lowest BCUT2D eigenvalue weighted by Crippen LogP contribution is -2.41. The zero-order valence-electron chi connectivity index (χ0n) is 16.8. The third kappa shape index (κ3) is 4.90. The highest BCUT2D eigenvalue weighted by Gasteiger charge is 2.31. The van der Waals surface area contributed by atoms with Crippen LogP contribution < -0.4 is 4.74 Å². The number of nitrogens with zero attached hydrogens (tertiary/aromatic N) is 3. The molecule has 2 heterocycles. The van der Waals surface area contributed by atoms with Crippen LogP contribution in [-0.4, -0.2) is 40.7 Å². The lowest BCUT2D eigenvalue weighted by Gasteiger charge is -2.31. The van der Waals surface area contributed by atoms with Gasteiger partial charge in [0, 0.05) is 18.7 Å². The summed E-state index contributed by atoms with van der Waals surface area (Å²) in [6.07, 6.45) is -3.01. The molecule has 1 saturated heterocycles. The fourth-order valence-electron chi connectivity index (χ4n) is 3.52. The molecule has 0 radical (unpaired) electrons. The number of para-hydroxylation sites is 1. The van der Waals surface area contributed by atoms with Crippen molar-refractivity contribution in [1.29, 1.82) is 0 Å². The Bertz CT molecular complexity index is 1080. The van der Waals surface area contributed by atoms with Gasteiger partial charge in [-0.3, -0.25) is 4.79 Å². The van der Waals surface area contributed by atoms with Gasteiger partial charge in [-0.1, -0.05) is 12.1 Å². The van der Waals surface area contributed by atoms with Crippen molar-refractivity contribution in [3.63, 3.8) is 0 Å². The number of likely N-dealkylation sites (tertiary alicyclic amines) is 1. The lowest BCUT2D eigenvalue weighted by molar-refractivity contribution is -0.137. The van der Waals surface area contributed by atoms with Crippen molar-refractivity contribution in [3.05, 3.63) is 65.8 Å². The van der Waals surface area contributed by atoms with E-state index in [-0.39, 0.29) is 30.1 Å². The fourth-order valence-corrected chi connectivity index (χ4v) is 3.52. The molecule has 1 amide bonds. The SMILES string of the molecule is O=C(COc1ccccc1F)N1CCCC(c2nnc(-c3ccc(C(F)(F)F)cc3)o2)C1. The summed E-state index contributed by atoms with van der Waals surface area (Å²) in [7, 11) is 0. The van der Waals surface area contributed by atoms with Crippen molar-refractivity contribution < 1.29 is 31.5 Å². The minimum atomic E-state index is -4.42. The number of carbonyl (C=O) groups is 1. The van der Waals surface area contributed by atoms with Crippen LogP contribution >= 0.6 is 0 Å². The van der Waals surface area contributed by atoms with E-state index < -0.39 is 17.6 Å². The molecule has 0 aliphatic carbocycles. The maximum atomic E-state index is 13.7. The topological polar surface area (TPSA) is 68.5 Å². The van der Waals surface area contributed by atoms with E-state index in [1.54, 1.807) is 11.0 Å². The highest BCUT2D eigenvalue weighted by atomic mass is 19.4. The quantitative estimate of drug-likeness (QED) is 0.529. The molecule has 1 atom stereocenters. The van der Waals surface area contributed by atoms with Crippen molar-refractivity contribution in [1.82, 2.24) is 15.1 Å². The van der Waals surface area contributed by atoms with E-state index in [1.807, 2.05) is 0 Å². The van der Waals surface area contributed by atoms with Crippen LogP contribution in [0.25, 0.3) is 11.5 Å². The van der Waals surface area contributed by atoms with E-state index >= 15 is 0 Å². The molecular weight excluding hydrogens is 430 g/mol. The van der Waals surface area contributed by atoms with Gasteiger partial charge in [-0.15, -0.1) is 10.2 Å². The molecule has 6 nitrogen and oxygen atoms in total. The molecule has 1 fully saturated rings. The average molecular weight is 449 g/mol. The summed E-state index contributed by atoms with van der Waals surface area (Å²) in [4.78, 5) is 14.1. The zero-order chi connectivity index (χ0) is 22.7. The number of alkyl halides is 3. The first-order valence-electron chi connectivity index (χ1n) is 9.97. The van der Waals surface area contributed by atoms with E-state index in [1.165, 1.54) is 30.3 Å².